The van der Waals surface area contributed by atoms with E-state index in [1.807, 2.05) is 6.07 Å². The highest BCUT2D eigenvalue weighted by Crippen LogP contribution is 2.12. The highest BCUT2D eigenvalue weighted by atomic mass is 79.9. The number of anilines is 1. The standard InChI is InChI=1S/C9H12BrN/c1-8-4-2-3-5-9(8)11-7-6-10/h2-5,11H,6-7H2,1H3. The predicted octanol–water partition coefficient (Wildman–Crippen LogP) is 2.80. The second-order valence-corrected chi connectivity index (χ2v) is 3.22. The van der Waals surface area contributed by atoms with Gasteiger partial charge in [0.05, 0.1) is 0 Å². The van der Waals surface area contributed by atoms with Crippen LogP contribution in [0.3, 0.4) is 0 Å². The van der Waals surface area contributed by atoms with E-state index in [2.05, 4.69) is 46.4 Å². The molecule has 0 aromatic heterocycles. The van der Waals surface area contributed by atoms with E-state index < -0.39 is 0 Å². The summed E-state index contributed by atoms with van der Waals surface area (Å²) >= 11 is 3.37. The first-order valence-electron chi connectivity index (χ1n) is 3.70. The molecular formula is C9H12BrN. The van der Waals surface area contributed by atoms with E-state index in [-0.39, 0.29) is 0 Å². The summed E-state index contributed by atoms with van der Waals surface area (Å²) in [6.07, 6.45) is 0. The molecule has 11 heavy (non-hydrogen) atoms. The Morgan fingerprint density at radius 1 is 1.36 bits per heavy atom. The van der Waals surface area contributed by atoms with Gasteiger partial charge in [-0.25, -0.2) is 0 Å². The topological polar surface area (TPSA) is 12.0 Å². The molecule has 1 aromatic carbocycles. The number of hydrogen-bond acceptors (Lipinski definition) is 1. The number of nitrogens with one attached hydrogen (secondary N) is 1. The summed E-state index contributed by atoms with van der Waals surface area (Å²) in [6, 6.07) is 8.30. The minimum Gasteiger partial charge on any atom is -0.384 e. The zero-order chi connectivity index (χ0) is 8.10. The van der Waals surface area contributed by atoms with Gasteiger partial charge < -0.3 is 5.32 Å². The first kappa shape index (κ1) is 8.60. The van der Waals surface area contributed by atoms with Gasteiger partial charge in [-0.3, -0.25) is 0 Å². The first-order valence-corrected chi connectivity index (χ1v) is 4.82. The lowest BCUT2D eigenvalue weighted by atomic mass is 10.2. The van der Waals surface area contributed by atoms with Gasteiger partial charge >= 0.3 is 0 Å². The van der Waals surface area contributed by atoms with Crippen LogP contribution in [0.25, 0.3) is 0 Å². The lowest BCUT2D eigenvalue weighted by Crippen LogP contribution is -2.02. The monoisotopic (exact) mass is 213 g/mol. The van der Waals surface area contributed by atoms with Crippen molar-refractivity contribution in [3.63, 3.8) is 0 Å². The smallest absolute Gasteiger partial charge is 0.0370 e. The Hall–Kier alpha value is -0.500. The predicted molar refractivity (Wildman–Crippen MR) is 53.5 cm³/mol. The molecule has 1 N–H and O–H groups in total. The van der Waals surface area contributed by atoms with Crippen molar-refractivity contribution in [2.45, 2.75) is 6.92 Å². The van der Waals surface area contributed by atoms with Crippen LogP contribution in [0.2, 0.25) is 0 Å². The van der Waals surface area contributed by atoms with Gasteiger partial charge in [-0.15, -0.1) is 0 Å². The maximum Gasteiger partial charge on any atom is 0.0370 e. The normalized spacial score (nSPS) is 9.64. The Balaban J connectivity index is 2.62. The maximum absolute atomic E-state index is 3.37. The molecule has 0 bridgehead atoms. The van der Waals surface area contributed by atoms with Crippen LogP contribution in [0, 0.1) is 6.92 Å². The number of rotatable bonds is 3. The summed E-state index contributed by atoms with van der Waals surface area (Å²) in [7, 11) is 0. The fourth-order valence-corrected chi connectivity index (χ4v) is 1.15. The Morgan fingerprint density at radius 3 is 2.73 bits per heavy atom. The van der Waals surface area contributed by atoms with Crippen molar-refractivity contribution in [2.24, 2.45) is 0 Å². The summed E-state index contributed by atoms with van der Waals surface area (Å²) in [5, 5.41) is 4.30. The second kappa shape index (κ2) is 4.39. The third kappa shape index (κ3) is 2.54. The Bertz CT molecular complexity index is 223. The number of aryl methyl sites for hydroxylation is 1. The minimum atomic E-state index is 0.977. The quantitative estimate of drug-likeness (QED) is 0.763. The molecule has 0 aliphatic heterocycles. The van der Waals surface area contributed by atoms with E-state index in [0.29, 0.717) is 0 Å². The molecule has 0 saturated heterocycles. The van der Waals surface area contributed by atoms with Crippen molar-refractivity contribution in [3.05, 3.63) is 29.8 Å². The molecule has 1 rings (SSSR count). The average Bonchev–Trinajstić information content (AvgIpc) is 2.03. The van der Waals surface area contributed by atoms with Crippen LogP contribution in [0.4, 0.5) is 5.69 Å². The highest BCUT2D eigenvalue weighted by Gasteiger charge is 1.92. The van der Waals surface area contributed by atoms with Crippen LogP contribution >= 0.6 is 15.9 Å². The molecular weight excluding hydrogens is 202 g/mol. The molecule has 1 nitrogen and oxygen atoms in total. The van der Waals surface area contributed by atoms with Crippen molar-refractivity contribution in [3.8, 4) is 0 Å². The van der Waals surface area contributed by atoms with Crippen molar-refractivity contribution in [1.82, 2.24) is 0 Å². The summed E-state index contributed by atoms with van der Waals surface area (Å²) in [4.78, 5) is 0. The van der Waals surface area contributed by atoms with E-state index >= 15 is 0 Å². The SMILES string of the molecule is Cc1ccccc1NCCBr. The van der Waals surface area contributed by atoms with Gasteiger partial charge in [0.15, 0.2) is 0 Å². The van der Waals surface area contributed by atoms with Crippen molar-refractivity contribution in [2.75, 3.05) is 17.2 Å². The number of para-hydroxylation sites is 1. The Kier molecular flexibility index (Phi) is 3.43. The molecule has 0 spiro atoms. The fraction of sp³-hybridized carbons (Fsp3) is 0.333. The molecule has 0 heterocycles. The van der Waals surface area contributed by atoms with Crippen LogP contribution in [0.15, 0.2) is 24.3 Å². The van der Waals surface area contributed by atoms with E-state index in [0.717, 1.165) is 11.9 Å². The van der Waals surface area contributed by atoms with Crippen LogP contribution in [0.5, 0.6) is 0 Å². The van der Waals surface area contributed by atoms with E-state index in [1.54, 1.807) is 0 Å². The van der Waals surface area contributed by atoms with Crippen molar-refractivity contribution < 1.29 is 0 Å². The average molecular weight is 214 g/mol. The molecule has 1 aromatic rings. The lowest BCUT2D eigenvalue weighted by Gasteiger charge is -2.06. The molecule has 60 valence electrons. The van der Waals surface area contributed by atoms with E-state index in [1.165, 1.54) is 11.3 Å². The molecule has 2 heteroatoms. The zero-order valence-corrected chi connectivity index (χ0v) is 8.19. The fourth-order valence-electron chi connectivity index (χ4n) is 0.953. The Labute approximate surface area is 75.9 Å². The molecule has 0 aliphatic carbocycles. The van der Waals surface area contributed by atoms with Crippen molar-refractivity contribution >= 4 is 21.6 Å². The van der Waals surface area contributed by atoms with Crippen LogP contribution in [-0.2, 0) is 0 Å². The number of halogens is 1. The number of hydrogen-bond donors (Lipinski definition) is 1. The van der Waals surface area contributed by atoms with Gasteiger partial charge in [0.2, 0.25) is 0 Å². The number of benzene rings is 1. The molecule has 0 saturated carbocycles. The Morgan fingerprint density at radius 2 is 2.09 bits per heavy atom. The van der Waals surface area contributed by atoms with Gasteiger partial charge in [-0.2, -0.15) is 0 Å². The molecule has 0 unspecified atom stereocenters. The largest absolute Gasteiger partial charge is 0.384 e. The summed E-state index contributed by atoms with van der Waals surface area (Å²) in [6.45, 7) is 3.08. The van der Waals surface area contributed by atoms with Gasteiger partial charge in [-0.1, -0.05) is 34.1 Å². The van der Waals surface area contributed by atoms with E-state index in [9.17, 15) is 0 Å². The number of alkyl halides is 1. The summed E-state index contributed by atoms with van der Waals surface area (Å²) in [5.74, 6) is 0. The summed E-state index contributed by atoms with van der Waals surface area (Å²) < 4.78 is 0. The second-order valence-electron chi connectivity index (χ2n) is 2.43. The van der Waals surface area contributed by atoms with Gasteiger partial charge in [0, 0.05) is 17.6 Å². The molecule has 0 fully saturated rings. The van der Waals surface area contributed by atoms with Gasteiger partial charge in [0.25, 0.3) is 0 Å². The summed E-state index contributed by atoms with van der Waals surface area (Å²) in [5.41, 5.74) is 2.53. The van der Waals surface area contributed by atoms with Gasteiger partial charge in [0.1, 0.15) is 0 Å². The van der Waals surface area contributed by atoms with Crippen LogP contribution in [-0.4, -0.2) is 11.9 Å². The lowest BCUT2D eigenvalue weighted by molar-refractivity contribution is 1.22. The highest BCUT2D eigenvalue weighted by molar-refractivity contribution is 9.09. The minimum absolute atomic E-state index is 0.977. The van der Waals surface area contributed by atoms with Crippen molar-refractivity contribution in [1.29, 1.82) is 0 Å². The third-order valence-corrected chi connectivity index (χ3v) is 1.95. The third-order valence-electron chi connectivity index (χ3n) is 1.56. The first-order chi connectivity index (χ1) is 5.34. The maximum atomic E-state index is 3.37. The van der Waals surface area contributed by atoms with Crippen LogP contribution in [0.1, 0.15) is 5.56 Å². The molecule has 0 atom stereocenters. The van der Waals surface area contributed by atoms with Gasteiger partial charge in [-0.05, 0) is 18.6 Å². The van der Waals surface area contributed by atoms with E-state index in [4.69, 9.17) is 0 Å². The molecule has 0 aliphatic rings. The molecule has 0 amide bonds. The van der Waals surface area contributed by atoms with Crippen LogP contribution < -0.4 is 5.32 Å². The zero-order valence-electron chi connectivity index (χ0n) is 6.60. The molecule has 0 radical (unpaired) electrons.